The van der Waals surface area contributed by atoms with Crippen LogP contribution < -0.4 is 0 Å². The van der Waals surface area contributed by atoms with E-state index in [0.717, 1.165) is 81.4 Å². The Morgan fingerprint density at radius 1 is 0.649 bits per heavy atom. The maximum atomic E-state index is 13.6. The van der Waals surface area contributed by atoms with Crippen LogP contribution in [0.3, 0.4) is 0 Å². The van der Waals surface area contributed by atoms with Gasteiger partial charge in [0.25, 0.3) is 0 Å². The molecule has 4 heteroatoms. The fourth-order valence-corrected chi connectivity index (χ4v) is 7.38. The number of aromatic nitrogens is 1. The van der Waals surface area contributed by atoms with Crippen LogP contribution >= 0.6 is 11.3 Å². The van der Waals surface area contributed by atoms with Crippen molar-refractivity contribution in [2.75, 3.05) is 0 Å². The topological polar surface area (TPSA) is 35.1 Å². The fourth-order valence-electron chi connectivity index (χ4n) is 6.18. The SMILES string of the molecule is O=C1c2cc(-n3c4ccccc4c4c5oc6ccccc6c5ccc43)sc2-c2cc3cccccc-3c21. The zero-order chi connectivity index (χ0) is 24.2. The molecule has 0 amide bonds. The van der Waals surface area contributed by atoms with Crippen LogP contribution in [-0.2, 0) is 0 Å². The third-order valence-corrected chi connectivity index (χ3v) is 8.90. The van der Waals surface area contributed by atoms with Gasteiger partial charge in [-0.3, -0.25) is 4.79 Å². The molecule has 37 heavy (non-hydrogen) atoms. The Hall–Kier alpha value is -4.67. The normalized spacial score (nSPS) is 12.9. The Bertz CT molecular complexity index is 2220. The lowest BCUT2D eigenvalue weighted by Crippen LogP contribution is -1.96. The lowest BCUT2D eigenvalue weighted by molar-refractivity contribution is 0.104. The van der Waals surface area contributed by atoms with Crippen LogP contribution in [0.4, 0.5) is 0 Å². The van der Waals surface area contributed by atoms with Gasteiger partial charge in [-0.15, -0.1) is 11.3 Å². The van der Waals surface area contributed by atoms with E-state index in [-0.39, 0.29) is 5.78 Å². The van der Waals surface area contributed by atoms with E-state index in [1.54, 1.807) is 11.3 Å². The molecule has 3 aliphatic carbocycles. The molecular formula is C33H17NO2S. The average Bonchev–Trinajstić information content (AvgIpc) is 3.68. The highest BCUT2D eigenvalue weighted by atomic mass is 32.1. The van der Waals surface area contributed by atoms with Crippen molar-refractivity contribution in [1.82, 2.24) is 4.57 Å². The highest BCUT2D eigenvalue weighted by molar-refractivity contribution is 7.18. The summed E-state index contributed by atoms with van der Waals surface area (Å²) in [5, 5.41) is 5.55. The fraction of sp³-hybridized carbons (Fsp3) is 0. The first-order valence-electron chi connectivity index (χ1n) is 12.3. The number of nitrogens with zero attached hydrogens (tertiary/aromatic N) is 1. The number of benzene rings is 3. The van der Waals surface area contributed by atoms with Crippen LogP contribution in [0.1, 0.15) is 15.9 Å². The first-order valence-corrected chi connectivity index (χ1v) is 13.1. The molecule has 0 saturated carbocycles. The molecule has 0 atom stereocenters. The smallest absolute Gasteiger partial charge is 0.195 e. The molecule has 6 aromatic rings. The summed E-state index contributed by atoms with van der Waals surface area (Å²) in [5.41, 5.74) is 8.82. The van der Waals surface area contributed by atoms with Crippen molar-refractivity contribution in [2.45, 2.75) is 0 Å². The zero-order valence-electron chi connectivity index (χ0n) is 19.5. The van der Waals surface area contributed by atoms with Gasteiger partial charge < -0.3 is 8.98 Å². The summed E-state index contributed by atoms with van der Waals surface area (Å²) in [6.45, 7) is 0. The van der Waals surface area contributed by atoms with Gasteiger partial charge in [0.1, 0.15) is 16.2 Å². The minimum Gasteiger partial charge on any atom is -0.455 e. The largest absolute Gasteiger partial charge is 0.455 e. The number of ketones is 1. The molecule has 3 aliphatic rings. The Kier molecular flexibility index (Phi) is 3.56. The van der Waals surface area contributed by atoms with Gasteiger partial charge in [0, 0.05) is 37.7 Å². The van der Waals surface area contributed by atoms with E-state index in [1.807, 2.05) is 30.3 Å². The monoisotopic (exact) mass is 491 g/mol. The maximum Gasteiger partial charge on any atom is 0.195 e. The van der Waals surface area contributed by atoms with E-state index >= 15 is 0 Å². The first-order chi connectivity index (χ1) is 18.3. The van der Waals surface area contributed by atoms with Gasteiger partial charge in [-0.05, 0) is 47.5 Å². The van der Waals surface area contributed by atoms with Crippen molar-refractivity contribution in [3.8, 4) is 26.6 Å². The molecule has 172 valence electrons. The van der Waals surface area contributed by atoms with Crippen LogP contribution in [0.5, 0.6) is 0 Å². The van der Waals surface area contributed by atoms with Crippen molar-refractivity contribution in [3.63, 3.8) is 0 Å². The van der Waals surface area contributed by atoms with Gasteiger partial charge in [-0.1, -0.05) is 66.7 Å². The summed E-state index contributed by atoms with van der Waals surface area (Å²) < 4.78 is 8.71. The van der Waals surface area contributed by atoms with Crippen LogP contribution in [-0.4, -0.2) is 10.4 Å². The highest BCUT2D eigenvalue weighted by Gasteiger charge is 2.34. The summed E-state index contributed by atoms with van der Waals surface area (Å²) in [6.07, 6.45) is 0. The number of para-hydroxylation sites is 2. The second-order valence-corrected chi connectivity index (χ2v) is 10.7. The summed E-state index contributed by atoms with van der Waals surface area (Å²) in [5.74, 6) is 0.120. The zero-order valence-corrected chi connectivity index (χ0v) is 20.3. The molecule has 0 N–H and O–H groups in total. The average molecular weight is 492 g/mol. The first kappa shape index (κ1) is 19.5. The lowest BCUT2D eigenvalue weighted by atomic mass is 10.1. The number of furan rings is 1. The summed E-state index contributed by atoms with van der Waals surface area (Å²) in [7, 11) is 0. The van der Waals surface area contributed by atoms with E-state index in [4.69, 9.17) is 4.42 Å². The molecule has 3 nitrogen and oxygen atoms in total. The van der Waals surface area contributed by atoms with Crippen molar-refractivity contribution >= 4 is 60.9 Å². The third kappa shape index (κ3) is 2.38. The van der Waals surface area contributed by atoms with Gasteiger partial charge in [-0.25, -0.2) is 0 Å². The quantitative estimate of drug-likeness (QED) is 0.230. The number of hydrogen-bond acceptors (Lipinski definition) is 3. The predicted molar refractivity (Wildman–Crippen MR) is 151 cm³/mol. The molecule has 3 aromatic carbocycles. The lowest BCUT2D eigenvalue weighted by Gasteiger charge is -2.04. The molecule has 0 saturated heterocycles. The van der Waals surface area contributed by atoms with E-state index in [2.05, 4.69) is 77.4 Å². The summed E-state index contributed by atoms with van der Waals surface area (Å²) in [6, 6.07) is 35.4. The minimum absolute atomic E-state index is 0.120. The number of rotatable bonds is 1. The van der Waals surface area contributed by atoms with Gasteiger partial charge in [0.05, 0.1) is 16.4 Å². The molecule has 9 rings (SSSR count). The van der Waals surface area contributed by atoms with Gasteiger partial charge >= 0.3 is 0 Å². The number of carbonyl (C=O) groups is 1. The Morgan fingerprint density at radius 2 is 1.46 bits per heavy atom. The van der Waals surface area contributed by atoms with Crippen LogP contribution in [0.15, 0.2) is 108 Å². The molecule has 0 spiro atoms. The third-order valence-electron chi connectivity index (χ3n) is 7.75. The standard InChI is InChI=1S/C33H17NO2S/c35-31-24-17-28(37-33(24)23-16-18-8-2-1-3-9-19(18)29(23)31)34-25-12-6-4-11-22(25)30-26(34)15-14-21-20-10-5-7-13-27(20)36-32(21)30/h1-17H. The van der Waals surface area contributed by atoms with Crippen molar-refractivity contribution in [2.24, 2.45) is 0 Å². The summed E-state index contributed by atoms with van der Waals surface area (Å²) >= 11 is 1.69. The molecular weight excluding hydrogens is 474 g/mol. The van der Waals surface area contributed by atoms with E-state index in [9.17, 15) is 4.79 Å². The van der Waals surface area contributed by atoms with Gasteiger partial charge in [-0.2, -0.15) is 0 Å². The van der Waals surface area contributed by atoms with E-state index in [1.165, 1.54) is 0 Å². The number of carbonyl (C=O) groups excluding carboxylic acids is 1. The van der Waals surface area contributed by atoms with E-state index < -0.39 is 0 Å². The van der Waals surface area contributed by atoms with Gasteiger partial charge in [0.2, 0.25) is 0 Å². The van der Waals surface area contributed by atoms with Crippen LogP contribution in [0.2, 0.25) is 0 Å². The van der Waals surface area contributed by atoms with Gasteiger partial charge in [0.15, 0.2) is 5.78 Å². The highest BCUT2D eigenvalue weighted by Crippen LogP contribution is 2.50. The van der Waals surface area contributed by atoms with Crippen molar-refractivity contribution in [1.29, 1.82) is 0 Å². The molecule has 0 fully saturated rings. The molecule has 3 aromatic heterocycles. The molecule has 0 bridgehead atoms. The summed E-state index contributed by atoms with van der Waals surface area (Å²) in [4.78, 5) is 14.7. The predicted octanol–water partition coefficient (Wildman–Crippen LogP) is 9.06. The Labute approximate surface area is 215 Å². The minimum atomic E-state index is 0.120. The molecule has 3 heterocycles. The van der Waals surface area contributed by atoms with Crippen molar-refractivity contribution < 1.29 is 9.21 Å². The molecule has 0 aliphatic heterocycles. The van der Waals surface area contributed by atoms with Crippen molar-refractivity contribution in [3.05, 3.63) is 114 Å². The Morgan fingerprint density at radius 3 is 2.41 bits per heavy atom. The number of fused-ring (bicyclic) bond motifs is 12. The number of hydrogen-bond donors (Lipinski definition) is 0. The second-order valence-electron chi connectivity index (χ2n) is 9.66. The Balaban J connectivity index is 1.36. The molecule has 0 radical (unpaired) electrons. The molecule has 0 unspecified atom stereocenters. The number of thiophene rings is 1. The maximum absolute atomic E-state index is 13.6. The van der Waals surface area contributed by atoms with Crippen LogP contribution in [0.25, 0.3) is 70.3 Å². The van der Waals surface area contributed by atoms with E-state index in [0.29, 0.717) is 0 Å². The second kappa shape index (κ2) is 6.75. The van der Waals surface area contributed by atoms with Crippen LogP contribution in [0, 0.1) is 0 Å².